The Morgan fingerprint density at radius 2 is 2.17 bits per heavy atom. The van der Waals surface area contributed by atoms with Crippen LogP contribution in [-0.2, 0) is 9.53 Å². The molecule has 98 valence electrons. The molecule has 0 aromatic heterocycles. The number of carboxylic acids is 1. The summed E-state index contributed by atoms with van der Waals surface area (Å²) in [7, 11) is 0. The molecule has 4 heteroatoms. The summed E-state index contributed by atoms with van der Waals surface area (Å²) in [4.78, 5) is 12.8. The van der Waals surface area contributed by atoms with Gasteiger partial charge in [-0.3, -0.25) is 4.79 Å². The Morgan fingerprint density at radius 1 is 1.39 bits per heavy atom. The van der Waals surface area contributed by atoms with E-state index >= 15 is 0 Å². The molecule has 1 unspecified atom stereocenters. The Bertz CT molecular complexity index is 374. The molecule has 4 nitrogen and oxygen atoms in total. The molecule has 1 atom stereocenters. The zero-order valence-electron chi connectivity index (χ0n) is 10.4. The van der Waals surface area contributed by atoms with Crippen LogP contribution in [0.2, 0.25) is 0 Å². The maximum absolute atomic E-state index is 10.9. The van der Waals surface area contributed by atoms with E-state index in [1.54, 1.807) is 0 Å². The molecule has 1 saturated heterocycles. The summed E-state index contributed by atoms with van der Waals surface area (Å²) in [5.74, 6) is -0.800. The van der Waals surface area contributed by atoms with Crippen LogP contribution >= 0.6 is 0 Å². The summed E-state index contributed by atoms with van der Waals surface area (Å²) in [6, 6.07) is 9.67. The Balaban J connectivity index is 1.94. The van der Waals surface area contributed by atoms with E-state index in [1.807, 2.05) is 35.2 Å². The number of para-hydroxylation sites is 1. The van der Waals surface area contributed by atoms with E-state index in [4.69, 9.17) is 9.84 Å². The maximum atomic E-state index is 10.9. The van der Waals surface area contributed by atoms with Crippen molar-refractivity contribution in [1.82, 2.24) is 0 Å². The van der Waals surface area contributed by atoms with Crippen LogP contribution in [0.3, 0.4) is 0 Å². The van der Waals surface area contributed by atoms with Crippen LogP contribution in [0.25, 0.3) is 0 Å². The Labute approximate surface area is 107 Å². The largest absolute Gasteiger partial charge is 0.480 e. The summed E-state index contributed by atoms with van der Waals surface area (Å²) < 4.78 is 5.57. The molecule has 0 bridgehead atoms. The van der Waals surface area contributed by atoms with Crippen molar-refractivity contribution >= 4 is 11.7 Å². The van der Waals surface area contributed by atoms with E-state index in [0.717, 1.165) is 38.1 Å². The van der Waals surface area contributed by atoms with Crippen molar-refractivity contribution in [3.05, 3.63) is 30.3 Å². The van der Waals surface area contributed by atoms with Crippen LogP contribution in [0.15, 0.2) is 30.3 Å². The predicted molar refractivity (Wildman–Crippen MR) is 69.9 cm³/mol. The fraction of sp³-hybridized carbons (Fsp3) is 0.500. The number of benzene rings is 1. The minimum absolute atomic E-state index is 0.0384. The van der Waals surface area contributed by atoms with Crippen molar-refractivity contribution in [3.63, 3.8) is 0 Å². The SMILES string of the molecule is O=C(O)CN(CCC1CCCO1)c1ccccc1. The highest BCUT2D eigenvalue weighted by molar-refractivity contribution is 5.73. The number of aliphatic carboxylic acids is 1. The number of carboxylic acid groups (broad SMARTS) is 1. The minimum atomic E-state index is -0.800. The molecule has 1 aliphatic heterocycles. The fourth-order valence-electron chi connectivity index (χ4n) is 2.27. The smallest absolute Gasteiger partial charge is 0.323 e. The number of ether oxygens (including phenoxy) is 1. The molecule has 1 aromatic rings. The van der Waals surface area contributed by atoms with Gasteiger partial charge in [0, 0.05) is 18.8 Å². The van der Waals surface area contributed by atoms with Gasteiger partial charge in [0.25, 0.3) is 0 Å². The average Bonchev–Trinajstić information content (AvgIpc) is 2.88. The van der Waals surface area contributed by atoms with Gasteiger partial charge < -0.3 is 14.7 Å². The molecule has 2 rings (SSSR count). The summed E-state index contributed by atoms with van der Waals surface area (Å²) in [5, 5.41) is 8.96. The first-order valence-corrected chi connectivity index (χ1v) is 6.39. The molecule has 0 radical (unpaired) electrons. The lowest BCUT2D eigenvalue weighted by atomic mass is 10.1. The van der Waals surface area contributed by atoms with Crippen LogP contribution < -0.4 is 4.90 Å². The van der Waals surface area contributed by atoms with Gasteiger partial charge in [0.1, 0.15) is 6.54 Å². The van der Waals surface area contributed by atoms with Gasteiger partial charge in [-0.05, 0) is 31.4 Å². The zero-order chi connectivity index (χ0) is 12.8. The third kappa shape index (κ3) is 3.74. The third-order valence-corrected chi connectivity index (χ3v) is 3.19. The summed E-state index contributed by atoms with van der Waals surface area (Å²) in [6.45, 7) is 1.60. The van der Waals surface area contributed by atoms with Crippen molar-refractivity contribution in [2.24, 2.45) is 0 Å². The number of rotatable bonds is 6. The van der Waals surface area contributed by atoms with Gasteiger partial charge in [-0.2, -0.15) is 0 Å². The van der Waals surface area contributed by atoms with Crippen LogP contribution in [-0.4, -0.2) is 36.9 Å². The fourth-order valence-corrected chi connectivity index (χ4v) is 2.27. The molecule has 0 amide bonds. The zero-order valence-corrected chi connectivity index (χ0v) is 10.4. The lowest BCUT2D eigenvalue weighted by Gasteiger charge is -2.24. The lowest BCUT2D eigenvalue weighted by Crippen LogP contribution is -2.32. The Hall–Kier alpha value is -1.55. The molecule has 1 fully saturated rings. The van der Waals surface area contributed by atoms with Crippen molar-refractivity contribution in [2.75, 3.05) is 24.6 Å². The highest BCUT2D eigenvalue weighted by Crippen LogP contribution is 2.18. The van der Waals surface area contributed by atoms with Crippen molar-refractivity contribution < 1.29 is 14.6 Å². The van der Waals surface area contributed by atoms with Crippen molar-refractivity contribution in [3.8, 4) is 0 Å². The first kappa shape index (κ1) is 12.9. The van der Waals surface area contributed by atoms with Gasteiger partial charge >= 0.3 is 5.97 Å². The molecular weight excluding hydrogens is 230 g/mol. The molecular formula is C14H19NO3. The van der Waals surface area contributed by atoms with Crippen LogP contribution in [0, 0.1) is 0 Å². The number of hydrogen-bond donors (Lipinski definition) is 1. The van der Waals surface area contributed by atoms with Gasteiger partial charge in [0.2, 0.25) is 0 Å². The second kappa shape index (κ2) is 6.40. The normalized spacial score (nSPS) is 18.8. The second-order valence-electron chi connectivity index (χ2n) is 4.57. The predicted octanol–water partition coefficient (Wildman–Crippen LogP) is 2.15. The number of hydrogen-bond acceptors (Lipinski definition) is 3. The standard InChI is InChI=1S/C14H19NO3/c16-14(17)11-15(12-5-2-1-3-6-12)9-8-13-7-4-10-18-13/h1-3,5-6,13H,4,7-11H2,(H,16,17). The first-order chi connectivity index (χ1) is 8.75. The summed E-state index contributed by atoms with van der Waals surface area (Å²) in [6.07, 6.45) is 3.40. The van der Waals surface area contributed by atoms with Crippen LogP contribution in [0.1, 0.15) is 19.3 Å². The van der Waals surface area contributed by atoms with E-state index in [0.29, 0.717) is 6.10 Å². The number of nitrogens with zero attached hydrogens (tertiary/aromatic N) is 1. The highest BCUT2D eigenvalue weighted by Gasteiger charge is 2.18. The van der Waals surface area contributed by atoms with Gasteiger partial charge in [0.15, 0.2) is 0 Å². The van der Waals surface area contributed by atoms with Gasteiger partial charge in [-0.1, -0.05) is 18.2 Å². The number of carbonyl (C=O) groups is 1. The third-order valence-electron chi connectivity index (χ3n) is 3.19. The average molecular weight is 249 g/mol. The molecule has 0 spiro atoms. The van der Waals surface area contributed by atoms with E-state index in [1.165, 1.54) is 0 Å². The maximum Gasteiger partial charge on any atom is 0.323 e. The molecule has 0 saturated carbocycles. The van der Waals surface area contributed by atoms with E-state index in [2.05, 4.69) is 0 Å². The molecule has 1 heterocycles. The highest BCUT2D eigenvalue weighted by atomic mass is 16.5. The molecule has 0 aliphatic carbocycles. The Morgan fingerprint density at radius 3 is 2.78 bits per heavy atom. The van der Waals surface area contributed by atoms with Crippen molar-refractivity contribution in [1.29, 1.82) is 0 Å². The van der Waals surface area contributed by atoms with Crippen LogP contribution in [0.5, 0.6) is 0 Å². The van der Waals surface area contributed by atoms with Crippen molar-refractivity contribution in [2.45, 2.75) is 25.4 Å². The van der Waals surface area contributed by atoms with E-state index < -0.39 is 5.97 Å². The van der Waals surface area contributed by atoms with E-state index in [9.17, 15) is 4.79 Å². The summed E-state index contributed by atoms with van der Waals surface area (Å²) >= 11 is 0. The molecule has 1 aliphatic rings. The van der Waals surface area contributed by atoms with Gasteiger partial charge in [-0.15, -0.1) is 0 Å². The first-order valence-electron chi connectivity index (χ1n) is 6.39. The summed E-state index contributed by atoms with van der Waals surface area (Å²) in [5.41, 5.74) is 0.956. The quantitative estimate of drug-likeness (QED) is 0.839. The van der Waals surface area contributed by atoms with Crippen LogP contribution in [0.4, 0.5) is 5.69 Å². The number of anilines is 1. The lowest BCUT2D eigenvalue weighted by molar-refractivity contribution is -0.135. The minimum Gasteiger partial charge on any atom is -0.480 e. The molecule has 18 heavy (non-hydrogen) atoms. The van der Waals surface area contributed by atoms with Gasteiger partial charge in [-0.25, -0.2) is 0 Å². The second-order valence-corrected chi connectivity index (χ2v) is 4.57. The monoisotopic (exact) mass is 249 g/mol. The van der Waals surface area contributed by atoms with E-state index in [-0.39, 0.29) is 6.54 Å². The Kier molecular flexibility index (Phi) is 4.59. The van der Waals surface area contributed by atoms with Gasteiger partial charge in [0.05, 0.1) is 6.10 Å². The molecule has 1 N–H and O–H groups in total. The topological polar surface area (TPSA) is 49.8 Å². The molecule has 1 aromatic carbocycles.